The molecule has 0 radical (unpaired) electrons. The lowest BCUT2D eigenvalue weighted by Crippen LogP contribution is -2.21. The highest BCUT2D eigenvalue weighted by molar-refractivity contribution is 7.80. The zero-order valence-corrected chi connectivity index (χ0v) is 42.9. The van der Waals surface area contributed by atoms with Crippen LogP contribution in [0.5, 0.6) is 0 Å². The van der Waals surface area contributed by atoms with E-state index in [1.165, 1.54) is 0 Å². The van der Waals surface area contributed by atoms with Crippen molar-refractivity contribution < 1.29 is 9.59 Å². The molecular weight excluding hydrogens is 827 g/mol. The Morgan fingerprint density at radius 3 is 1.40 bits per heavy atom. The van der Waals surface area contributed by atoms with E-state index < -0.39 is 0 Å². The summed E-state index contributed by atoms with van der Waals surface area (Å²) >= 11 is 10.4. The molecule has 13 nitrogen and oxygen atoms in total. The van der Waals surface area contributed by atoms with Gasteiger partial charge in [0.05, 0.1) is 22.1 Å². The predicted octanol–water partition coefficient (Wildman–Crippen LogP) is 9.19. The number of ketones is 2. The fourth-order valence-electron chi connectivity index (χ4n) is 5.18. The van der Waals surface area contributed by atoms with Crippen LogP contribution in [0.1, 0.15) is 156 Å². The van der Waals surface area contributed by atoms with Crippen LogP contribution in [-0.2, 0) is 53.5 Å². The van der Waals surface area contributed by atoms with Gasteiger partial charge in [0, 0.05) is 95.0 Å². The van der Waals surface area contributed by atoms with Gasteiger partial charge in [-0.25, -0.2) is 6.57 Å². The largest absolute Gasteiger partial charge is 0.393 e. The zero-order valence-electron chi connectivity index (χ0n) is 41.3. The molecule has 7 N–H and O–H groups in total. The van der Waals surface area contributed by atoms with Crippen LogP contribution in [0.15, 0.2) is 48.5 Å². The monoisotopic (exact) mass is 906 g/mol. The molecule has 0 spiro atoms. The molecule has 0 aliphatic carbocycles. The molecule has 1 aromatic carbocycles. The first-order chi connectivity index (χ1) is 29.0. The van der Waals surface area contributed by atoms with Crippen molar-refractivity contribution in [2.45, 2.75) is 166 Å². The van der Waals surface area contributed by atoms with E-state index in [0.717, 1.165) is 65.3 Å². The Labute approximate surface area is 390 Å². The zero-order chi connectivity index (χ0) is 48.9. The Hall–Kier alpha value is -4.62. The van der Waals surface area contributed by atoms with Crippen molar-refractivity contribution in [1.29, 1.82) is 0 Å². The summed E-state index contributed by atoms with van der Waals surface area (Å²) in [5, 5.41) is 13.6. The number of thiocarbonyl (C=S) groups is 2. The maximum atomic E-state index is 12.3. The number of hydrogen-bond acceptors (Lipinski definition) is 10. The maximum absolute atomic E-state index is 12.3. The molecule has 63 heavy (non-hydrogen) atoms. The average molecular weight is 906 g/mol. The third-order valence-electron chi connectivity index (χ3n) is 9.19. The Morgan fingerprint density at radius 1 is 0.698 bits per heavy atom. The normalized spacial score (nSPS) is 11.2. The summed E-state index contributed by atoms with van der Waals surface area (Å²) in [6, 6.07) is 15.5. The average Bonchev–Trinajstić information content (AvgIpc) is 3.91. The van der Waals surface area contributed by atoms with Crippen molar-refractivity contribution in [3.63, 3.8) is 0 Å². The first kappa shape index (κ1) is 58.4. The second kappa shape index (κ2) is 26.9. The van der Waals surface area contributed by atoms with Gasteiger partial charge in [-0.2, -0.15) is 15.3 Å². The Bertz CT molecular complexity index is 2060. The number of aryl methyl sites for hydroxylation is 3. The molecule has 0 aliphatic heterocycles. The molecule has 15 heteroatoms. The number of carbonyl (C=O) groups excluding carboxylic acids is 2. The van der Waals surface area contributed by atoms with Gasteiger partial charge in [0.25, 0.3) is 6.54 Å². The predicted molar refractivity (Wildman–Crippen MR) is 270 cm³/mol. The quantitative estimate of drug-likeness (QED) is 0.0350. The van der Waals surface area contributed by atoms with Gasteiger partial charge in [0.2, 0.25) is 5.78 Å². The summed E-state index contributed by atoms with van der Waals surface area (Å²) in [6.07, 6.45) is 1.55. The van der Waals surface area contributed by atoms with Crippen LogP contribution in [0.25, 0.3) is 4.85 Å². The fraction of sp³-hybridized carbons (Fsp3) is 0.583. The number of benzene rings is 1. The van der Waals surface area contributed by atoms with Crippen molar-refractivity contribution in [2.24, 2.45) is 17.0 Å². The number of nitrogen functional groups attached to an aromatic ring is 1. The molecular formula is C48H79N11O2S2. The van der Waals surface area contributed by atoms with Gasteiger partial charge in [-0.05, 0) is 32.9 Å². The number of rotatable bonds is 12. The van der Waals surface area contributed by atoms with Gasteiger partial charge in [0.1, 0.15) is 5.82 Å². The molecule has 4 rings (SSSR count). The minimum absolute atomic E-state index is 0.0106. The number of nitrogens with one attached hydrogen (secondary N) is 1. The minimum atomic E-state index is -0.343. The number of hydrazine groups is 1. The van der Waals surface area contributed by atoms with E-state index in [0.29, 0.717) is 29.8 Å². The van der Waals surface area contributed by atoms with Gasteiger partial charge in [0.15, 0.2) is 5.78 Å². The highest BCUT2D eigenvalue weighted by Crippen LogP contribution is 2.24. The van der Waals surface area contributed by atoms with Crippen molar-refractivity contribution in [3.8, 4) is 0 Å². The molecule has 0 bridgehead atoms. The molecule has 0 amide bonds. The van der Waals surface area contributed by atoms with Crippen molar-refractivity contribution in [1.82, 2.24) is 34.8 Å². The summed E-state index contributed by atoms with van der Waals surface area (Å²) < 4.78 is 5.78. The van der Waals surface area contributed by atoms with Gasteiger partial charge in [-0.1, -0.05) is 145 Å². The van der Waals surface area contributed by atoms with Gasteiger partial charge >= 0.3 is 0 Å². The number of anilines is 1. The summed E-state index contributed by atoms with van der Waals surface area (Å²) in [5.74, 6) is 5.62. The third kappa shape index (κ3) is 22.0. The molecule has 3 heterocycles. The lowest BCUT2D eigenvalue weighted by molar-refractivity contribution is -0.124. The van der Waals surface area contributed by atoms with Crippen LogP contribution in [0.4, 0.5) is 5.82 Å². The van der Waals surface area contributed by atoms with E-state index in [4.69, 9.17) is 48.3 Å². The number of nitrogens with two attached hydrogens (primary N) is 3. The molecule has 3 aromatic heterocycles. The molecule has 0 unspecified atom stereocenters. The molecule has 0 atom stereocenters. The standard InChI is InChI=1S/C19H24N2OS.C11H19N3S.C9H17N3.C7H11NO.C2H8N2/c1-5-21-15(12-18(20-21)19(2,3)4)11-16(23)13-17(22)14-9-7-6-8-10-14;1-5-14-8(7-10(12)15)6-9(13-14)11(2,3)4;1-5-12-8(10)6-7(11-12)9(2,3)4;1-7(2,3)6(9)5-8-4;1-2-4-3/h6-10,12H,5,11,13H2,1-4H3;6H,5,7H2,1-4H3,(H2,12,15);6H,5,10H2,1-4H3;5H2,1-3H3;4H,2-3H2,1H3. The summed E-state index contributed by atoms with van der Waals surface area (Å²) in [4.78, 5) is 27.4. The van der Waals surface area contributed by atoms with Crippen LogP contribution in [0.3, 0.4) is 0 Å². The topological polar surface area (TPSA) is 182 Å². The Balaban J connectivity index is 0.000000835. The summed E-state index contributed by atoms with van der Waals surface area (Å²) in [6.45, 7) is 42.7. The third-order valence-corrected chi connectivity index (χ3v) is 9.63. The number of hydrogen-bond donors (Lipinski definition) is 4. The van der Waals surface area contributed by atoms with Crippen molar-refractivity contribution in [3.05, 3.63) is 94.0 Å². The highest BCUT2D eigenvalue weighted by atomic mass is 32.1. The lowest BCUT2D eigenvalue weighted by atomic mass is 9.91. The first-order valence-corrected chi connectivity index (χ1v) is 22.5. The Morgan fingerprint density at radius 2 is 1.10 bits per heavy atom. The van der Waals surface area contributed by atoms with E-state index in [-0.39, 0.29) is 39.8 Å². The SMILES string of the molecule is CCNN.CCn1nc(C(C)(C)C)cc1CC(=S)CC(=O)c1ccccc1.CCn1nc(C(C)(C)C)cc1CC(N)=S.CCn1nc(C(C)(C)C)cc1N.[C-]#[N+]CC(=O)C(C)(C)C. The van der Waals surface area contributed by atoms with Crippen molar-refractivity contribution in [2.75, 3.05) is 18.8 Å². The van der Waals surface area contributed by atoms with Gasteiger partial charge < -0.3 is 16.3 Å². The van der Waals surface area contributed by atoms with Crippen LogP contribution in [0, 0.1) is 12.0 Å². The van der Waals surface area contributed by atoms with Crippen LogP contribution < -0.4 is 22.7 Å². The molecule has 0 fully saturated rings. The number of Topliss-reactive ketones (excluding diaryl/α,β-unsaturated/α-hetero) is 2. The lowest BCUT2D eigenvalue weighted by Gasteiger charge is -2.14. The fourth-order valence-corrected chi connectivity index (χ4v) is 5.61. The molecule has 0 aliphatic rings. The highest BCUT2D eigenvalue weighted by Gasteiger charge is 2.24. The number of carbonyl (C=O) groups is 2. The minimum Gasteiger partial charge on any atom is -0.393 e. The molecule has 350 valence electrons. The summed E-state index contributed by atoms with van der Waals surface area (Å²) in [7, 11) is 0. The second-order valence-corrected chi connectivity index (χ2v) is 20.2. The molecule has 0 saturated carbocycles. The van der Waals surface area contributed by atoms with E-state index in [9.17, 15) is 9.59 Å². The van der Waals surface area contributed by atoms with Crippen LogP contribution in [0.2, 0.25) is 0 Å². The van der Waals surface area contributed by atoms with E-state index in [2.05, 4.69) is 114 Å². The molecule has 4 aromatic rings. The smallest absolute Gasteiger partial charge is 0.272 e. The molecule has 0 saturated heterocycles. The van der Waals surface area contributed by atoms with Crippen LogP contribution >= 0.6 is 24.4 Å². The second-order valence-electron chi connectivity index (χ2n) is 19.1. The van der Waals surface area contributed by atoms with E-state index in [1.807, 2.05) is 85.1 Å². The number of nitrogens with zero attached hydrogens (tertiary/aromatic N) is 7. The summed E-state index contributed by atoms with van der Waals surface area (Å²) in [5.41, 5.74) is 19.7. The van der Waals surface area contributed by atoms with Gasteiger partial charge in [-0.15, -0.1) is 0 Å². The van der Waals surface area contributed by atoms with Crippen molar-refractivity contribution >= 4 is 51.7 Å². The maximum Gasteiger partial charge on any atom is 0.272 e. The Kier molecular flexibility index (Phi) is 24.9. The number of aromatic nitrogens is 6. The first-order valence-electron chi connectivity index (χ1n) is 21.7. The van der Waals surface area contributed by atoms with E-state index >= 15 is 0 Å². The van der Waals surface area contributed by atoms with Gasteiger partial charge in [-0.3, -0.25) is 34.9 Å². The van der Waals surface area contributed by atoms with Crippen LogP contribution in [-0.4, -0.2) is 63.9 Å². The van der Waals surface area contributed by atoms with E-state index in [1.54, 1.807) is 0 Å².